The first-order valence-electron chi connectivity index (χ1n) is 13.5. The number of carbonyl (C=O) groups excluding carboxylic acids is 1. The molecule has 2 aromatic rings. The summed E-state index contributed by atoms with van der Waals surface area (Å²) in [4.78, 5) is 23.6. The molecule has 3 N–H and O–H groups in total. The van der Waals surface area contributed by atoms with Crippen molar-refractivity contribution in [1.29, 1.82) is 0 Å². The Morgan fingerprint density at radius 2 is 1.88 bits per heavy atom. The highest BCUT2D eigenvalue weighted by molar-refractivity contribution is 7.88. The average molecular weight is 601 g/mol. The zero-order valence-electron chi connectivity index (χ0n) is 25.9. The number of likely N-dealkylation sites (N-methyl/N-ethyl adjacent to an activating group) is 1. The van der Waals surface area contributed by atoms with Crippen LogP contribution in [0.3, 0.4) is 0 Å². The fourth-order valence-corrected chi connectivity index (χ4v) is 4.15. The molecule has 1 aromatic heterocycles. The molecule has 0 radical (unpaired) electrons. The number of amides is 1. The number of nitrogens with zero attached hydrogens (tertiary/aromatic N) is 3. The zero-order valence-corrected chi connectivity index (χ0v) is 26.7. The summed E-state index contributed by atoms with van der Waals surface area (Å²) in [7, 11) is 1.89. The van der Waals surface area contributed by atoms with Crippen molar-refractivity contribution in [3.63, 3.8) is 0 Å². The second kappa shape index (κ2) is 15.5. The number of benzene rings is 1. The molecule has 1 amide bonds. The molecule has 1 heterocycles. The van der Waals surface area contributed by atoms with E-state index in [1.54, 1.807) is 24.3 Å². The maximum Gasteiger partial charge on any atom is 0.251 e. The Morgan fingerprint density at radius 1 is 1.17 bits per heavy atom. The summed E-state index contributed by atoms with van der Waals surface area (Å²) in [5, 5.41) is 6.23. The van der Waals surface area contributed by atoms with Crippen LogP contribution in [0.15, 0.2) is 66.4 Å². The summed E-state index contributed by atoms with van der Waals surface area (Å²) in [6, 6.07) is 6.98. The first-order valence-corrected chi connectivity index (χ1v) is 15.3. The summed E-state index contributed by atoms with van der Waals surface area (Å²) in [5.41, 5.74) is 2.68. The third kappa shape index (κ3) is 12.0. The molecule has 0 aliphatic rings. The number of aryl methyl sites for hydroxylation is 1. The van der Waals surface area contributed by atoms with E-state index in [2.05, 4.69) is 36.8 Å². The molecule has 11 nitrogen and oxygen atoms in total. The number of hydrogen-bond donors (Lipinski definition) is 3. The first-order chi connectivity index (χ1) is 19.6. The Hall–Kier alpha value is -3.74. The molecule has 12 heteroatoms. The predicted molar refractivity (Wildman–Crippen MR) is 166 cm³/mol. The Bertz CT molecular complexity index is 1410. The number of carbonyl (C=O) groups is 1. The van der Waals surface area contributed by atoms with Gasteiger partial charge in [0.2, 0.25) is 15.9 Å². The van der Waals surface area contributed by atoms with Crippen LogP contribution >= 0.6 is 0 Å². The van der Waals surface area contributed by atoms with Gasteiger partial charge in [-0.3, -0.25) is 9.52 Å². The van der Waals surface area contributed by atoms with E-state index in [1.807, 2.05) is 53.9 Å². The fraction of sp³-hybridized carbons (Fsp3) is 0.433. The summed E-state index contributed by atoms with van der Waals surface area (Å²) >= 11 is 0. The first kappa shape index (κ1) is 34.5. The number of allylic oxidation sites excluding steroid dienone is 2. The van der Waals surface area contributed by atoms with Crippen molar-refractivity contribution in [3.8, 4) is 11.6 Å². The standard InChI is InChI=1S/C30H44N6O5S/c1-21-10-11-23(16-27(21)41-28-18-25(33-20-34-28)19-31-14-15-36(6)7)29(37)32-13-12-24(30(3,4)5)17-26(22(2)40-8)35-42(9,38)39/h10-12,16-18,20,31,35H,2,13-15,19H2,1,3-9H3,(H,32,37)/b24-12+,26-17+. The lowest BCUT2D eigenvalue weighted by Crippen LogP contribution is -2.26. The Morgan fingerprint density at radius 3 is 2.50 bits per heavy atom. The second-order valence-electron chi connectivity index (χ2n) is 11.1. The third-order valence-corrected chi connectivity index (χ3v) is 6.59. The minimum absolute atomic E-state index is 0.170. The molecule has 0 fully saturated rings. The van der Waals surface area contributed by atoms with E-state index in [0.717, 1.165) is 36.2 Å². The van der Waals surface area contributed by atoms with Crippen LogP contribution in [0.25, 0.3) is 0 Å². The smallest absolute Gasteiger partial charge is 0.251 e. The molecular formula is C30H44N6O5S. The van der Waals surface area contributed by atoms with Gasteiger partial charge in [-0.15, -0.1) is 0 Å². The lowest BCUT2D eigenvalue weighted by Gasteiger charge is -2.22. The molecule has 1 aromatic carbocycles. The van der Waals surface area contributed by atoms with Gasteiger partial charge >= 0.3 is 0 Å². The van der Waals surface area contributed by atoms with Crippen LogP contribution in [0.1, 0.15) is 42.4 Å². The molecule has 0 aliphatic carbocycles. The van der Waals surface area contributed by atoms with E-state index in [-0.39, 0.29) is 29.3 Å². The van der Waals surface area contributed by atoms with Crippen molar-refractivity contribution in [1.82, 2.24) is 30.2 Å². The Balaban J connectivity index is 2.17. The van der Waals surface area contributed by atoms with Crippen molar-refractivity contribution in [2.45, 2.75) is 34.2 Å². The molecule has 0 atom stereocenters. The quantitative estimate of drug-likeness (QED) is 0.159. The molecule has 0 saturated heterocycles. The number of rotatable bonds is 15. The van der Waals surface area contributed by atoms with E-state index in [0.29, 0.717) is 23.7 Å². The molecule has 42 heavy (non-hydrogen) atoms. The zero-order chi connectivity index (χ0) is 31.5. The van der Waals surface area contributed by atoms with Gasteiger partial charge in [0.1, 0.15) is 17.8 Å². The Labute approximate surface area is 250 Å². The molecule has 0 spiro atoms. The van der Waals surface area contributed by atoms with E-state index in [4.69, 9.17) is 9.47 Å². The van der Waals surface area contributed by atoms with Crippen LogP contribution < -0.4 is 20.1 Å². The fourth-order valence-electron chi connectivity index (χ4n) is 3.58. The topological polar surface area (TPSA) is 135 Å². The molecular weight excluding hydrogens is 556 g/mol. The molecule has 2 rings (SSSR count). The number of hydrogen-bond acceptors (Lipinski definition) is 9. The number of nitrogens with one attached hydrogen (secondary N) is 3. The van der Waals surface area contributed by atoms with E-state index < -0.39 is 10.0 Å². The van der Waals surface area contributed by atoms with E-state index in [1.165, 1.54) is 13.4 Å². The van der Waals surface area contributed by atoms with Crippen LogP contribution in [-0.4, -0.2) is 76.3 Å². The minimum atomic E-state index is -3.56. The molecule has 0 unspecified atom stereocenters. The lowest BCUT2D eigenvalue weighted by atomic mass is 9.85. The lowest BCUT2D eigenvalue weighted by molar-refractivity contribution is 0.0957. The maximum absolute atomic E-state index is 13.0. The van der Waals surface area contributed by atoms with E-state index in [9.17, 15) is 13.2 Å². The molecule has 0 saturated carbocycles. The molecule has 0 bridgehead atoms. The van der Waals surface area contributed by atoms with Crippen molar-refractivity contribution in [2.24, 2.45) is 5.41 Å². The number of sulfonamides is 1. The van der Waals surface area contributed by atoms with Gasteiger partial charge in [0.15, 0.2) is 0 Å². The van der Waals surface area contributed by atoms with Crippen LogP contribution in [0.4, 0.5) is 0 Å². The Kier molecular flexibility index (Phi) is 12.7. The van der Waals surface area contributed by atoms with Gasteiger partial charge in [-0.25, -0.2) is 18.4 Å². The number of ether oxygens (including phenoxy) is 2. The summed E-state index contributed by atoms with van der Waals surface area (Å²) in [6.07, 6.45) is 5.99. The van der Waals surface area contributed by atoms with Gasteiger partial charge in [-0.05, 0) is 55.8 Å². The summed E-state index contributed by atoms with van der Waals surface area (Å²) in [5.74, 6) is 0.771. The largest absolute Gasteiger partial charge is 0.495 e. The van der Waals surface area contributed by atoms with Gasteiger partial charge in [0, 0.05) is 37.8 Å². The van der Waals surface area contributed by atoms with Crippen molar-refractivity contribution in [2.75, 3.05) is 47.1 Å². The number of methoxy groups -OCH3 is 1. The second-order valence-corrected chi connectivity index (χ2v) is 12.8. The third-order valence-electron chi connectivity index (χ3n) is 6.00. The number of aromatic nitrogens is 2. The monoisotopic (exact) mass is 600 g/mol. The highest BCUT2D eigenvalue weighted by Gasteiger charge is 2.19. The highest BCUT2D eigenvalue weighted by Crippen LogP contribution is 2.28. The van der Waals surface area contributed by atoms with Crippen LogP contribution in [0, 0.1) is 12.3 Å². The average Bonchev–Trinajstić information content (AvgIpc) is 2.89. The summed E-state index contributed by atoms with van der Waals surface area (Å²) in [6.45, 7) is 14.1. The van der Waals surface area contributed by atoms with Crippen molar-refractivity contribution < 1.29 is 22.7 Å². The van der Waals surface area contributed by atoms with Gasteiger partial charge in [0.25, 0.3) is 5.91 Å². The SMILES string of the molecule is C=C(OC)/C(=C\C(=C/CNC(=O)c1ccc(C)c(Oc2cc(CNCCN(C)C)ncn2)c1)C(C)(C)C)NS(C)(=O)=O. The van der Waals surface area contributed by atoms with Gasteiger partial charge in [-0.1, -0.05) is 39.5 Å². The maximum atomic E-state index is 13.0. The van der Waals surface area contributed by atoms with Crippen LogP contribution in [-0.2, 0) is 21.3 Å². The normalized spacial score (nSPS) is 12.7. The summed E-state index contributed by atoms with van der Waals surface area (Å²) < 4.78 is 37.4. The van der Waals surface area contributed by atoms with Gasteiger partial charge in [0.05, 0.1) is 24.8 Å². The molecule has 230 valence electrons. The predicted octanol–water partition coefficient (Wildman–Crippen LogP) is 3.52. The van der Waals surface area contributed by atoms with Crippen molar-refractivity contribution in [3.05, 3.63) is 83.2 Å². The van der Waals surface area contributed by atoms with E-state index >= 15 is 0 Å². The van der Waals surface area contributed by atoms with Crippen LogP contribution in [0.5, 0.6) is 11.6 Å². The molecule has 0 aliphatic heterocycles. The minimum Gasteiger partial charge on any atom is -0.495 e. The van der Waals surface area contributed by atoms with Crippen LogP contribution in [0.2, 0.25) is 0 Å². The van der Waals surface area contributed by atoms with Gasteiger partial charge in [-0.2, -0.15) is 0 Å². The van der Waals surface area contributed by atoms with Crippen molar-refractivity contribution >= 4 is 15.9 Å². The highest BCUT2D eigenvalue weighted by atomic mass is 32.2. The van der Waals surface area contributed by atoms with Gasteiger partial charge < -0.3 is 25.0 Å².